The second kappa shape index (κ2) is 8.81. The Kier molecular flexibility index (Phi) is 6.57. The van der Waals surface area contributed by atoms with Gasteiger partial charge in [-0.15, -0.1) is 22.0 Å². The first-order chi connectivity index (χ1) is 14.1. The number of nitrogens with one attached hydrogen (secondary N) is 2. The van der Waals surface area contributed by atoms with Gasteiger partial charge in [-0.1, -0.05) is 11.8 Å². The van der Waals surface area contributed by atoms with Crippen LogP contribution < -0.4 is 16.8 Å². The summed E-state index contributed by atoms with van der Waals surface area (Å²) in [7, 11) is 0. The molecule has 1 fully saturated rings. The lowest BCUT2D eigenvalue weighted by molar-refractivity contribution is -0.158. The van der Waals surface area contributed by atoms with E-state index in [1.165, 1.54) is 28.4 Å². The number of aromatic amines is 1. The molecule has 0 aliphatic carbocycles. The third-order valence-corrected chi connectivity index (χ3v) is 6.81. The van der Waals surface area contributed by atoms with E-state index < -0.39 is 23.6 Å². The second-order valence-corrected chi connectivity index (χ2v) is 9.97. The Morgan fingerprint density at radius 3 is 2.80 bits per heavy atom. The fraction of sp³-hybridized carbons (Fsp3) is 0.625. The lowest BCUT2D eigenvalue weighted by Crippen LogP contribution is -2.68. The van der Waals surface area contributed by atoms with Crippen LogP contribution in [0.1, 0.15) is 27.2 Å². The van der Waals surface area contributed by atoms with Gasteiger partial charge in [0, 0.05) is 17.5 Å². The van der Waals surface area contributed by atoms with E-state index in [4.69, 9.17) is 16.2 Å². The van der Waals surface area contributed by atoms with Crippen molar-refractivity contribution in [3.63, 3.8) is 0 Å². The monoisotopic (exact) mass is 456 g/mol. The molecule has 12 nitrogen and oxygen atoms in total. The van der Waals surface area contributed by atoms with E-state index >= 15 is 0 Å². The molecule has 0 spiro atoms. The van der Waals surface area contributed by atoms with Crippen LogP contribution in [-0.4, -0.2) is 78.0 Å². The van der Waals surface area contributed by atoms with Gasteiger partial charge in [-0.05, 0) is 38.0 Å². The minimum atomic E-state index is -0.741. The fourth-order valence-corrected chi connectivity index (χ4v) is 5.55. The van der Waals surface area contributed by atoms with Crippen molar-refractivity contribution in [2.24, 2.45) is 11.5 Å². The number of primary amides is 1. The van der Waals surface area contributed by atoms with Gasteiger partial charge in [-0.3, -0.25) is 9.69 Å². The number of β-lactam (4-membered cyclic amide) rings is 1. The van der Waals surface area contributed by atoms with Crippen LogP contribution in [0, 0.1) is 0 Å². The molecule has 3 heterocycles. The third kappa shape index (κ3) is 4.87. The van der Waals surface area contributed by atoms with Gasteiger partial charge >= 0.3 is 12.0 Å². The lowest BCUT2D eigenvalue weighted by Gasteiger charge is -2.49. The summed E-state index contributed by atoms with van der Waals surface area (Å²) in [5.74, 6) is -0.461. The number of fused-ring (bicyclic) bond motifs is 1. The number of urea groups is 1. The van der Waals surface area contributed by atoms with Crippen molar-refractivity contribution in [3.05, 3.63) is 11.3 Å². The average Bonchev–Trinajstić information content (AvgIpc) is 3.17. The number of hydrogen-bond donors (Lipinski definition) is 4. The van der Waals surface area contributed by atoms with Gasteiger partial charge in [0.1, 0.15) is 22.7 Å². The normalized spacial score (nSPS) is 22.3. The van der Waals surface area contributed by atoms with E-state index in [1.54, 1.807) is 20.8 Å². The van der Waals surface area contributed by atoms with Crippen molar-refractivity contribution in [2.75, 3.05) is 12.3 Å². The van der Waals surface area contributed by atoms with Gasteiger partial charge in [0.2, 0.25) is 11.1 Å². The fourth-order valence-electron chi connectivity index (χ4n) is 3.06. The number of aromatic nitrogens is 4. The number of amides is 3. The highest BCUT2D eigenvalue weighted by atomic mass is 32.2. The maximum absolute atomic E-state index is 13.1. The van der Waals surface area contributed by atoms with Crippen molar-refractivity contribution >= 4 is 41.4 Å². The minimum absolute atomic E-state index is 0.195. The van der Waals surface area contributed by atoms with Crippen molar-refractivity contribution in [2.45, 2.75) is 54.6 Å². The summed E-state index contributed by atoms with van der Waals surface area (Å²) in [6.45, 7) is 5.53. The molecule has 2 unspecified atom stereocenters. The molecule has 2 aliphatic heterocycles. The Labute approximate surface area is 181 Å². The average molecular weight is 457 g/mol. The maximum atomic E-state index is 13.1. The molecule has 0 saturated carbocycles. The van der Waals surface area contributed by atoms with E-state index in [0.29, 0.717) is 22.9 Å². The number of tetrazole rings is 1. The SMILES string of the molecule is CC(C)(C)OC(=O)C1=C(C(CCNC(N)=O)Sc2nn[nH]n2)CS[C@@H]2C(N)C(=O)N12. The van der Waals surface area contributed by atoms with Crippen LogP contribution in [0.25, 0.3) is 0 Å². The molecule has 2 aliphatic rings. The van der Waals surface area contributed by atoms with Crippen molar-refractivity contribution in [3.8, 4) is 0 Å². The van der Waals surface area contributed by atoms with Crippen LogP contribution in [0.3, 0.4) is 0 Å². The summed E-state index contributed by atoms with van der Waals surface area (Å²) in [5, 5.41) is 16.1. The summed E-state index contributed by atoms with van der Waals surface area (Å²) >= 11 is 2.74. The van der Waals surface area contributed by atoms with Crippen molar-refractivity contribution < 1.29 is 19.1 Å². The van der Waals surface area contributed by atoms with Gasteiger partial charge in [0.25, 0.3) is 0 Å². The van der Waals surface area contributed by atoms with Crippen LogP contribution in [-0.2, 0) is 14.3 Å². The van der Waals surface area contributed by atoms with Crippen LogP contribution in [0.5, 0.6) is 0 Å². The number of carbonyl (C=O) groups excluding carboxylic acids is 3. The highest BCUT2D eigenvalue weighted by Gasteiger charge is 2.53. The molecule has 6 N–H and O–H groups in total. The molecule has 0 bridgehead atoms. The Bertz CT molecular complexity index is 854. The predicted octanol–water partition coefficient (Wildman–Crippen LogP) is -0.443. The lowest BCUT2D eigenvalue weighted by atomic mass is 10.0. The van der Waals surface area contributed by atoms with E-state index in [1.807, 2.05) is 0 Å². The Morgan fingerprint density at radius 1 is 1.47 bits per heavy atom. The quantitative estimate of drug-likeness (QED) is 0.238. The number of rotatable bonds is 7. The molecular formula is C16H24N8O4S2. The first-order valence-corrected chi connectivity index (χ1v) is 11.1. The number of esters is 1. The van der Waals surface area contributed by atoms with Crippen molar-refractivity contribution in [1.82, 2.24) is 30.8 Å². The Morgan fingerprint density at radius 2 is 2.20 bits per heavy atom. The summed E-state index contributed by atoms with van der Waals surface area (Å²) in [6, 6.07) is -1.31. The molecule has 1 saturated heterocycles. The second-order valence-electron chi connectivity index (χ2n) is 7.69. The standard InChI is InChI=1S/C16H24N8O4S2/c1-16(2,3)28-13(26)10-7(6-29-12-9(17)11(25)24(10)12)8(4-5-19-14(18)27)30-15-20-22-23-21-15/h8-9,12H,4-6,17H2,1-3H3,(H3,18,19,27)(H,20,21,22,23)/t8?,9?,12-/m1/s1. The van der Waals surface area contributed by atoms with Gasteiger partial charge < -0.3 is 21.5 Å². The van der Waals surface area contributed by atoms with Gasteiger partial charge in [0.05, 0.1) is 0 Å². The molecule has 0 radical (unpaired) electrons. The predicted molar refractivity (Wildman–Crippen MR) is 110 cm³/mol. The summed E-state index contributed by atoms with van der Waals surface area (Å²) in [6.07, 6.45) is 0.420. The molecule has 0 aromatic carbocycles. The molecular weight excluding hydrogens is 432 g/mol. The zero-order valence-corrected chi connectivity index (χ0v) is 18.4. The van der Waals surface area contributed by atoms with E-state index in [-0.39, 0.29) is 28.8 Å². The zero-order valence-electron chi connectivity index (χ0n) is 16.7. The van der Waals surface area contributed by atoms with Crippen LogP contribution >= 0.6 is 23.5 Å². The summed E-state index contributed by atoms with van der Waals surface area (Å²) in [4.78, 5) is 38.1. The Hall–Kier alpha value is -2.32. The number of nitrogens with zero attached hydrogens (tertiary/aromatic N) is 4. The molecule has 3 atom stereocenters. The zero-order chi connectivity index (χ0) is 22.1. The number of nitrogens with two attached hydrogens (primary N) is 2. The van der Waals surface area contributed by atoms with Crippen LogP contribution in [0.15, 0.2) is 16.4 Å². The van der Waals surface area contributed by atoms with Crippen LogP contribution in [0.2, 0.25) is 0 Å². The van der Waals surface area contributed by atoms with Gasteiger partial charge in [0.15, 0.2) is 0 Å². The smallest absolute Gasteiger partial charge is 0.355 e. The third-order valence-electron chi connectivity index (χ3n) is 4.30. The first-order valence-electron chi connectivity index (χ1n) is 9.18. The summed E-state index contributed by atoms with van der Waals surface area (Å²) < 4.78 is 5.58. The number of hydrogen-bond acceptors (Lipinski definition) is 10. The number of H-pyrrole nitrogens is 1. The molecule has 30 heavy (non-hydrogen) atoms. The van der Waals surface area contributed by atoms with E-state index in [0.717, 1.165) is 0 Å². The molecule has 1 aromatic heterocycles. The maximum Gasteiger partial charge on any atom is 0.355 e. The highest BCUT2D eigenvalue weighted by molar-refractivity contribution is 8.01. The van der Waals surface area contributed by atoms with E-state index in [2.05, 4.69) is 25.9 Å². The number of ether oxygens (including phenoxy) is 1. The molecule has 3 rings (SSSR count). The largest absolute Gasteiger partial charge is 0.455 e. The first kappa shape index (κ1) is 22.4. The highest BCUT2D eigenvalue weighted by Crippen LogP contribution is 2.44. The number of thioether (sulfide) groups is 2. The van der Waals surface area contributed by atoms with E-state index in [9.17, 15) is 14.4 Å². The number of carbonyl (C=O) groups is 3. The molecule has 3 amide bonds. The Balaban J connectivity index is 1.97. The van der Waals surface area contributed by atoms with Gasteiger partial charge in [-0.2, -0.15) is 5.21 Å². The summed E-state index contributed by atoms with van der Waals surface area (Å²) in [5.41, 5.74) is 11.2. The molecule has 14 heteroatoms. The van der Waals surface area contributed by atoms with Gasteiger partial charge in [-0.25, -0.2) is 9.59 Å². The topological polar surface area (TPSA) is 182 Å². The molecule has 164 valence electrons. The minimum Gasteiger partial charge on any atom is -0.455 e. The van der Waals surface area contributed by atoms with Crippen LogP contribution in [0.4, 0.5) is 4.79 Å². The molecule has 1 aromatic rings. The van der Waals surface area contributed by atoms with Crippen molar-refractivity contribution in [1.29, 1.82) is 0 Å².